The van der Waals surface area contributed by atoms with Crippen LogP contribution in [0.1, 0.15) is 39.1 Å². The zero-order valence-corrected chi connectivity index (χ0v) is 17.7. The minimum atomic E-state index is -0.0716. The lowest BCUT2D eigenvalue weighted by atomic mass is 10.1. The average molecular weight is 423 g/mol. The Morgan fingerprint density at radius 2 is 1.97 bits per heavy atom. The number of thiophene rings is 1. The molecule has 7 heteroatoms. The van der Waals surface area contributed by atoms with Crippen LogP contribution in [0.15, 0.2) is 47.8 Å². The molecule has 2 aliphatic rings. The van der Waals surface area contributed by atoms with Crippen LogP contribution < -0.4 is 5.32 Å². The van der Waals surface area contributed by atoms with Crippen molar-refractivity contribution in [1.29, 1.82) is 0 Å². The Balaban J connectivity index is 1.36. The summed E-state index contributed by atoms with van der Waals surface area (Å²) in [5.41, 5.74) is 3.88. The van der Waals surface area contributed by atoms with Crippen molar-refractivity contribution in [3.8, 4) is 5.69 Å². The summed E-state index contributed by atoms with van der Waals surface area (Å²) in [4.78, 5) is 16.9. The van der Waals surface area contributed by atoms with E-state index in [0.717, 1.165) is 56.8 Å². The van der Waals surface area contributed by atoms with Crippen molar-refractivity contribution >= 4 is 17.2 Å². The first-order valence-electron chi connectivity index (χ1n) is 10.6. The molecule has 0 spiro atoms. The Kier molecular flexibility index (Phi) is 5.66. The van der Waals surface area contributed by atoms with Crippen molar-refractivity contribution in [1.82, 2.24) is 20.0 Å². The molecule has 1 aromatic carbocycles. The molecule has 1 aliphatic carbocycles. The van der Waals surface area contributed by atoms with Gasteiger partial charge >= 0.3 is 0 Å². The number of nitrogens with one attached hydrogen (secondary N) is 1. The van der Waals surface area contributed by atoms with Gasteiger partial charge in [0.2, 0.25) is 0 Å². The molecular formula is C23H26N4O2S. The third kappa shape index (κ3) is 3.80. The average Bonchev–Trinajstić information content (AvgIpc) is 3.54. The molecule has 3 heterocycles. The lowest BCUT2D eigenvalue weighted by Gasteiger charge is -2.34. The van der Waals surface area contributed by atoms with E-state index in [9.17, 15) is 4.79 Å². The van der Waals surface area contributed by atoms with Gasteiger partial charge < -0.3 is 10.1 Å². The third-order valence-corrected chi connectivity index (χ3v) is 6.93. The molecule has 0 radical (unpaired) electrons. The third-order valence-electron chi connectivity index (χ3n) is 5.96. The van der Waals surface area contributed by atoms with Gasteiger partial charge in [0, 0.05) is 35.8 Å². The predicted molar refractivity (Wildman–Crippen MR) is 117 cm³/mol. The highest BCUT2D eigenvalue weighted by Crippen LogP contribution is 2.29. The number of carbonyl (C=O) groups excluding carboxylic acids is 1. The maximum Gasteiger partial charge on any atom is 0.272 e. The largest absolute Gasteiger partial charge is 0.379 e. The molecule has 1 saturated heterocycles. The monoisotopic (exact) mass is 422 g/mol. The normalized spacial score (nSPS) is 17.6. The number of hydrogen-bond donors (Lipinski definition) is 1. The van der Waals surface area contributed by atoms with Crippen LogP contribution >= 0.6 is 11.3 Å². The van der Waals surface area contributed by atoms with E-state index in [1.54, 1.807) is 11.3 Å². The zero-order chi connectivity index (χ0) is 20.3. The summed E-state index contributed by atoms with van der Waals surface area (Å²) in [6.45, 7) is 3.83. The summed E-state index contributed by atoms with van der Waals surface area (Å²) in [5.74, 6) is -0.0716. The summed E-state index contributed by atoms with van der Waals surface area (Å²) >= 11 is 1.74. The molecule has 1 amide bonds. The first-order valence-corrected chi connectivity index (χ1v) is 11.5. The van der Waals surface area contributed by atoms with Gasteiger partial charge in [-0.2, -0.15) is 5.10 Å². The summed E-state index contributed by atoms with van der Waals surface area (Å²) in [6, 6.07) is 14.5. The summed E-state index contributed by atoms with van der Waals surface area (Å²) < 4.78 is 7.47. The van der Waals surface area contributed by atoms with E-state index in [0.29, 0.717) is 12.2 Å². The number of morpholine rings is 1. The lowest BCUT2D eigenvalue weighted by molar-refractivity contribution is 0.0169. The molecule has 30 heavy (non-hydrogen) atoms. The van der Waals surface area contributed by atoms with E-state index in [-0.39, 0.29) is 11.9 Å². The van der Waals surface area contributed by atoms with E-state index >= 15 is 0 Å². The van der Waals surface area contributed by atoms with Crippen LogP contribution in [0, 0.1) is 0 Å². The number of carbonyl (C=O) groups is 1. The van der Waals surface area contributed by atoms with Gasteiger partial charge in [-0.05, 0) is 42.8 Å². The topological polar surface area (TPSA) is 59.4 Å². The molecule has 1 N–H and O–H groups in total. The van der Waals surface area contributed by atoms with Crippen LogP contribution in [0.2, 0.25) is 0 Å². The standard InChI is InChI=1S/C23H26N4O2S/c28-23(24-16-20(21-10-5-15-30-21)26-11-13-29-14-12-26)22-18-8-4-9-19(18)27(25-22)17-6-2-1-3-7-17/h1-3,5-7,10,15,20H,4,8-9,11-14,16H2,(H,24,28)/t20-/m0/s1. The van der Waals surface area contributed by atoms with Gasteiger partial charge in [-0.15, -0.1) is 11.3 Å². The molecule has 6 nitrogen and oxygen atoms in total. The Morgan fingerprint density at radius 3 is 2.73 bits per heavy atom. The van der Waals surface area contributed by atoms with Gasteiger partial charge in [-0.1, -0.05) is 24.3 Å². The maximum absolute atomic E-state index is 13.2. The number of amides is 1. The van der Waals surface area contributed by atoms with Crippen LogP contribution in [-0.2, 0) is 17.6 Å². The first kappa shape index (κ1) is 19.5. The lowest BCUT2D eigenvalue weighted by Crippen LogP contribution is -2.43. The summed E-state index contributed by atoms with van der Waals surface area (Å²) in [7, 11) is 0. The number of para-hydroxylation sites is 1. The van der Waals surface area contributed by atoms with Crippen molar-refractivity contribution in [2.75, 3.05) is 32.8 Å². The molecule has 156 valence electrons. The number of fused-ring (bicyclic) bond motifs is 1. The Hall–Kier alpha value is -2.48. The molecule has 0 unspecified atom stereocenters. The second kappa shape index (κ2) is 8.71. The van der Waals surface area contributed by atoms with Crippen molar-refractivity contribution in [2.24, 2.45) is 0 Å². The number of nitrogens with zero attached hydrogens (tertiary/aromatic N) is 3. The summed E-state index contributed by atoms with van der Waals surface area (Å²) in [5, 5.41) is 10.0. The molecule has 3 aromatic rings. The highest BCUT2D eigenvalue weighted by atomic mass is 32.1. The molecule has 5 rings (SSSR count). The minimum Gasteiger partial charge on any atom is -0.379 e. The fraction of sp³-hybridized carbons (Fsp3) is 0.391. The minimum absolute atomic E-state index is 0.0716. The van der Waals surface area contributed by atoms with Gasteiger partial charge in [-0.3, -0.25) is 9.69 Å². The Labute approximate surface area is 180 Å². The van der Waals surface area contributed by atoms with Gasteiger partial charge in [0.15, 0.2) is 5.69 Å². The fourth-order valence-electron chi connectivity index (χ4n) is 4.46. The molecule has 0 bridgehead atoms. The van der Waals surface area contributed by atoms with Crippen LogP contribution in [0.3, 0.4) is 0 Å². The number of aromatic nitrogens is 2. The smallest absolute Gasteiger partial charge is 0.272 e. The Morgan fingerprint density at radius 1 is 1.13 bits per heavy atom. The van der Waals surface area contributed by atoms with Crippen LogP contribution in [0.4, 0.5) is 0 Å². The number of hydrogen-bond acceptors (Lipinski definition) is 5. The number of benzene rings is 1. The SMILES string of the molecule is O=C(NC[C@@H](c1cccs1)N1CCOCC1)c1nn(-c2ccccc2)c2c1CCC2. The zero-order valence-electron chi connectivity index (χ0n) is 16.9. The number of rotatable bonds is 6. The Bertz CT molecular complexity index is 994. The van der Waals surface area contributed by atoms with Gasteiger partial charge in [0.05, 0.1) is 24.9 Å². The second-order valence-electron chi connectivity index (χ2n) is 7.76. The quantitative estimate of drug-likeness (QED) is 0.663. The molecule has 1 atom stereocenters. The van der Waals surface area contributed by atoms with Crippen molar-refractivity contribution in [2.45, 2.75) is 25.3 Å². The van der Waals surface area contributed by atoms with E-state index in [1.807, 2.05) is 35.0 Å². The first-order chi connectivity index (χ1) is 14.8. The van der Waals surface area contributed by atoms with Crippen molar-refractivity contribution in [3.05, 3.63) is 69.7 Å². The van der Waals surface area contributed by atoms with Crippen LogP contribution in [0.5, 0.6) is 0 Å². The highest BCUT2D eigenvalue weighted by molar-refractivity contribution is 7.10. The van der Waals surface area contributed by atoms with Crippen LogP contribution in [0.25, 0.3) is 5.69 Å². The van der Waals surface area contributed by atoms with E-state index < -0.39 is 0 Å². The van der Waals surface area contributed by atoms with Gasteiger partial charge in [0.1, 0.15) is 0 Å². The fourth-order valence-corrected chi connectivity index (χ4v) is 5.32. The highest BCUT2D eigenvalue weighted by Gasteiger charge is 2.29. The molecule has 1 aliphatic heterocycles. The molecular weight excluding hydrogens is 396 g/mol. The summed E-state index contributed by atoms with van der Waals surface area (Å²) in [6.07, 6.45) is 2.96. The van der Waals surface area contributed by atoms with E-state index in [4.69, 9.17) is 9.84 Å². The molecule has 1 fully saturated rings. The van der Waals surface area contributed by atoms with Crippen molar-refractivity contribution < 1.29 is 9.53 Å². The van der Waals surface area contributed by atoms with Crippen LogP contribution in [-0.4, -0.2) is 53.4 Å². The predicted octanol–water partition coefficient (Wildman–Crippen LogP) is 3.23. The molecule has 2 aromatic heterocycles. The van der Waals surface area contributed by atoms with E-state index in [2.05, 4.69) is 27.7 Å². The van der Waals surface area contributed by atoms with Gasteiger partial charge in [-0.25, -0.2) is 4.68 Å². The molecule has 0 saturated carbocycles. The second-order valence-corrected chi connectivity index (χ2v) is 8.74. The van der Waals surface area contributed by atoms with Crippen molar-refractivity contribution in [3.63, 3.8) is 0 Å². The number of ether oxygens (including phenoxy) is 1. The maximum atomic E-state index is 13.2. The van der Waals surface area contributed by atoms with E-state index in [1.165, 1.54) is 10.6 Å². The van der Waals surface area contributed by atoms with Gasteiger partial charge in [0.25, 0.3) is 5.91 Å².